The number of nitrogens with two attached hydrogens (primary N) is 1. The predicted molar refractivity (Wildman–Crippen MR) is 63.9 cm³/mol. The van der Waals surface area contributed by atoms with Gasteiger partial charge in [0, 0.05) is 17.5 Å². The van der Waals surface area contributed by atoms with Crippen molar-refractivity contribution >= 4 is 5.97 Å². The Kier molecular flexibility index (Phi) is 3.33. The molecule has 0 aliphatic carbocycles. The highest BCUT2D eigenvalue weighted by molar-refractivity contribution is 5.72. The lowest BCUT2D eigenvalue weighted by Gasteiger charge is -2.37. The molecule has 4 heteroatoms. The average Bonchev–Trinajstić information content (AvgIpc) is 2.39. The maximum absolute atomic E-state index is 11.5. The third kappa shape index (κ3) is 2.13. The lowest BCUT2D eigenvalue weighted by atomic mass is 9.73. The van der Waals surface area contributed by atoms with Crippen LogP contribution in [0.25, 0.3) is 0 Å². The second-order valence-electron chi connectivity index (χ2n) is 4.33. The van der Waals surface area contributed by atoms with Crippen LogP contribution >= 0.6 is 0 Å². The van der Waals surface area contributed by atoms with Gasteiger partial charge in [-0.1, -0.05) is 18.2 Å². The number of hydrogen-bond acceptors (Lipinski definition) is 4. The van der Waals surface area contributed by atoms with Crippen molar-refractivity contribution in [2.45, 2.75) is 18.3 Å². The molecule has 1 aliphatic rings. The predicted octanol–water partition coefficient (Wildman–Crippen LogP) is 1.23. The smallest absolute Gasteiger partial charge is 0.306 e. The van der Waals surface area contributed by atoms with Gasteiger partial charge in [-0.2, -0.15) is 0 Å². The van der Waals surface area contributed by atoms with E-state index in [0.29, 0.717) is 19.6 Å². The van der Waals surface area contributed by atoms with E-state index in [-0.39, 0.29) is 11.4 Å². The minimum absolute atomic E-state index is 0.229. The van der Waals surface area contributed by atoms with Gasteiger partial charge in [0.2, 0.25) is 0 Å². The van der Waals surface area contributed by atoms with Gasteiger partial charge in [0.1, 0.15) is 5.75 Å². The first-order valence-electron chi connectivity index (χ1n) is 5.71. The number of esters is 1. The summed E-state index contributed by atoms with van der Waals surface area (Å²) < 4.78 is 10.3. The number of rotatable bonds is 3. The molecule has 0 fully saturated rings. The zero-order valence-electron chi connectivity index (χ0n) is 9.94. The molecule has 0 saturated heterocycles. The molecule has 92 valence electrons. The van der Waals surface area contributed by atoms with Crippen LogP contribution in [-0.4, -0.2) is 26.2 Å². The Morgan fingerprint density at radius 1 is 1.53 bits per heavy atom. The van der Waals surface area contributed by atoms with Gasteiger partial charge in [0.05, 0.1) is 20.1 Å². The van der Waals surface area contributed by atoms with Gasteiger partial charge in [-0.05, 0) is 12.5 Å². The summed E-state index contributed by atoms with van der Waals surface area (Å²) in [5.74, 6) is 0.597. The zero-order chi connectivity index (χ0) is 12.3. The fourth-order valence-corrected chi connectivity index (χ4v) is 2.34. The molecule has 1 unspecified atom stereocenters. The number of hydrogen-bond donors (Lipinski definition) is 1. The molecule has 2 rings (SSSR count). The van der Waals surface area contributed by atoms with Crippen molar-refractivity contribution in [3.63, 3.8) is 0 Å². The molecule has 0 saturated carbocycles. The van der Waals surface area contributed by atoms with Crippen LogP contribution in [0.3, 0.4) is 0 Å². The molecule has 0 radical (unpaired) electrons. The van der Waals surface area contributed by atoms with Crippen molar-refractivity contribution in [2.24, 2.45) is 5.73 Å². The Bertz CT molecular complexity index is 419. The highest BCUT2D eigenvalue weighted by Crippen LogP contribution is 2.40. The van der Waals surface area contributed by atoms with Crippen molar-refractivity contribution < 1.29 is 14.3 Å². The van der Waals surface area contributed by atoms with Gasteiger partial charge >= 0.3 is 5.97 Å². The van der Waals surface area contributed by atoms with Crippen LogP contribution in [-0.2, 0) is 14.9 Å². The first kappa shape index (κ1) is 11.9. The second kappa shape index (κ2) is 4.75. The molecule has 17 heavy (non-hydrogen) atoms. The Morgan fingerprint density at radius 3 is 3.00 bits per heavy atom. The van der Waals surface area contributed by atoms with Crippen LogP contribution in [0.5, 0.6) is 5.75 Å². The molecular weight excluding hydrogens is 218 g/mol. The second-order valence-corrected chi connectivity index (χ2v) is 4.33. The van der Waals surface area contributed by atoms with Crippen molar-refractivity contribution in [1.29, 1.82) is 0 Å². The monoisotopic (exact) mass is 235 g/mol. The molecule has 1 aromatic rings. The Labute approximate surface area is 101 Å². The first-order chi connectivity index (χ1) is 8.22. The van der Waals surface area contributed by atoms with Crippen LogP contribution in [0, 0.1) is 0 Å². The van der Waals surface area contributed by atoms with E-state index in [0.717, 1.165) is 17.7 Å². The number of para-hydroxylation sites is 1. The van der Waals surface area contributed by atoms with Gasteiger partial charge in [0.15, 0.2) is 0 Å². The largest absolute Gasteiger partial charge is 0.493 e. The molecule has 0 aromatic heterocycles. The third-order valence-electron chi connectivity index (χ3n) is 3.40. The summed E-state index contributed by atoms with van der Waals surface area (Å²) in [7, 11) is 1.40. The minimum atomic E-state index is -0.345. The van der Waals surface area contributed by atoms with E-state index >= 15 is 0 Å². The number of carbonyl (C=O) groups is 1. The van der Waals surface area contributed by atoms with Gasteiger partial charge in [-0.3, -0.25) is 4.79 Å². The molecule has 1 aromatic carbocycles. The topological polar surface area (TPSA) is 61.5 Å². The van der Waals surface area contributed by atoms with E-state index < -0.39 is 0 Å². The maximum atomic E-state index is 11.5. The van der Waals surface area contributed by atoms with Crippen LogP contribution in [0.4, 0.5) is 0 Å². The molecule has 1 aliphatic heterocycles. The fourth-order valence-electron chi connectivity index (χ4n) is 2.34. The Hall–Kier alpha value is -1.55. The average molecular weight is 235 g/mol. The lowest BCUT2D eigenvalue weighted by molar-refractivity contribution is -0.142. The summed E-state index contributed by atoms with van der Waals surface area (Å²) in [5.41, 5.74) is 6.56. The van der Waals surface area contributed by atoms with E-state index in [2.05, 4.69) is 0 Å². The third-order valence-corrected chi connectivity index (χ3v) is 3.40. The molecule has 2 N–H and O–H groups in total. The molecule has 1 heterocycles. The van der Waals surface area contributed by atoms with Gasteiger partial charge in [0.25, 0.3) is 0 Å². The highest BCUT2D eigenvalue weighted by atomic mass is 16.5. The molecule has 1 atom stereocenters. The molecule has 0 spiro atoms. The van der Waals surface area contributed by atoms with Crippen molar-refractivity contribution in [3.8, 4) is 5.75 Å². The summed E-state index contributed by atoms with van der Waals surface area (Å²) in [6.07, 6.45) is 1.05. The Balaban J connectivity index is 2.38. The van der Waals surface area contributed by atoms with E-state index in [1.165, 1.54) is 7.11 Å². The maximum Gasteiger partial charge on any atom is 0.306 e. The number of carbonyl (C=O) groups excluding carboxylic acids is 1. The van der Waals surface area contributed by atoms with Crippen molar-refractivity contribution in [2.75, 3.05) is 20.3 Å². The van der Waals surface area contributed by atoms with E-state index in [9.17, 15) is 4.79 Å². The first-order valence-corrected chi connectivity index (χ1v) is 5.71. The standard InChI is InChI=1S/C13H17NO3/c1-16-12(15)8-13(9-14)6-7-17-11-5-3-2-4-10(11)13/h2-5H,6-9,14H2,1H3. The zero-order valence-corrected chi connectivity index (χ0v) is 9.94. The highest BCUT2D eigenvalue weighted by Gasteiger charge is 2.38. The number of ether oxygens (including phenoxy) is 2. The number of methoxy groups -OCH3 is 1. The lowest BCUT2D eigenvalue weighted by Crippen LogP contribution is -2.41. The quantitative estimate of drug-likeness (QED) is 0.800. The normalized spacial score (nSPS) is 22.5. The summed E-state index contributed by atoms with van der Waals surface area (Å²) in [5, 5.41) is 0. The van der Waals surface area contributed by atoms with E-state index in [1.807, 2.05) is 24.3 Å². The van der Waals surface area contributed by atoms with Crippen molar-refractivity contribution in [3.05, 3.63) is 29.8 Å². The van der Waals surface area contributed by atoms with Gasteiger partial charge in [-0.25, -0.2) is 0 Å². The van der Waals surface area contributed by atoms with Crippen LogP contribution in [0.15, 0.2) is 24.3 Å². The van der Waals surface area contributed by atoms with Crippen LogP contribution in [0.1, 0.15) is 18.4 Å². The van der Waals surface area contributed by atoms with Gasteiger partial charge < -0.3 is 15.2 Å². The van der Waals surface area contributed by atoms with Crippen molar-refractivity contribution in [1.82, 2.24) is 0 Å². The Morgan fingerprint density at radius 2 is 2.29 bits per heavy atom. The van der Waals surface area contributed by atoms with Crippen LogP contribution in [0.2, 0.25) is 0 Å². The fraction of sp³-hybridized carbons (Fsp3) is 0.462. The number of fused-ring (bicyclic) bond motifs is 1. The van der Waals surface area contributed by atoms with E-state index in [4.69, 9.17) is 15.2 Å². The SMILES string of the molecule is COC(=O)CC1(CN)CCOc2ccccc21. The summed E-state index contributed by atoms with van der Waals surface area (Å²) in [4.78, 5) is 11.5. The minimum Gasteiger partial charge on any atom is -0.493 e. The molecule has 0 amide bonds. The summed E-state index contributed by atoms with van der Waals surface area (Å²) in [6, 6.07) is 7.75. The van der Waals surface area contributed by atoms with E-state index in [1.54, 1.807) is 0 Å². The summed E-state index contributed by atoms with van der Waals surface area (Å²) in [6.45, 7) is 1.01. The molecule has 0 bridgehead atoms. The summed E-state index contributed by atoms with van der Waals surface area (Å²) >= 11 is 0. The molecular formula is C13H17NO3. The van der Waals surface area contributed by atoms with Crippen LogP contribution < -0.4 is 10.5 Å². The van der Waals surface area contributed by atoms with Gasteiger partial charge in [-0.15, -0.1) is 0 Å². The number of benzene rings is 1. The molecule has 4 nitrogen and oxygen atoms in total.